The van der Waals surface area contributed by atoms with E-state index in [-0.39, 0.29) is 6.10 Å². The van der Waals surface area contributed by atoms with Crippen LogP contribution in [0, 0.1) is 0 Å². The third kappa shape index (κ3) is 1.78. The first-order valence-corrected chi connectivity index (χ1v) is 6.09. The smallest absolute Gasteiger partial charge is 0.160 e. The predicted octanol–water partition coefficient (Wildman–Crippen LogP) is 1.78. The van der Waals surface area contributed by atoms with Crippen LogP contribution in [-0.4, -0.2) is 29.6 Å². The highest BCUT2D eigenvalue weighted by Gasteiger charge is 2.27. The predicted molar refractivity (Wildman–Crippen MR) is 68.3 cm³/mol. The van der Waals surface area contributed by atoms with E-state index in [2.05, 4.69) is 15.6 Å². The average molecular weight is 248 g/mol. The molecule has 1 heterocycles. The minimum atomic E-state index is 0.248. The highest BCUT2D eigenvalue weighted by Crippen LogP contribution is 2.30. The van der Waals surface area contributed by atoms with Crippen LogP contribution in [0.15, 0.2) is 16.8 Å². The van der Waals surface area contributed by atoms with E-state index in [1.807, 2.05) is 12.1 Å². The fourth-order valence-electron chi connectivity index (χ4n) is 2.58. The maximum atomic E-state index is 5.82. The molecule has 0 amide bonds. The largest absolute Gasteiger partial charge is 0.397 e. The molecule has 1 aliphatic rings. The van der Waals surface area contributed by atoms with E-state index in [0.29, 0.717) is 22.8 Å². The number of hydrogen-bond donors (Lipinski definition) is 2. The van der Waals surface area contributed by atoms with Crippen molar-refractivity contribution >= 4 is 22.4 Å². The van der Waals surface area contributed by atoms with Crippen LogP contribution in [0.3, 0.4) is 0 Å². The summed E-state index contributed by atoms with van der Waals surface area (Å²) >= 11 is 0. The van der Waals surface area contributed by atoms with Gasteiger partial charge in [0.1, 0.15) is 0 Å². The Hall–Kier alpha value is -1.82. The zero-order chi connectivity index (χ0) is 12.5. The number of hydrogen-bond acceptors (Lipinski definition) is 6. The number of rotatable bonds is 3. The minimum absolute atomic E-state index is 0.248. The van der Waals surface area contributed by atoms with Crippen LogP contribution in [-0.2, 0) is 4.74 Å². The van der Waals surface area contributed by atoms with Crippen LogP contribution in [0.5, 0.6) is 0 Å². The molecule has 2 aromatic rings. The summed E-state index contributed by atoms with van der Waals surface area (Å²) in [6.45, 7) is 0. The number of nitrogen functional groups attached to an aromatic ring is 1. The van der Waals surface area contributed by atoms with Gasteiger partial charge in [-0.3, -0.25) is 0 Å². The minimum Gasteiger partial charge on any atom is -0.397 e. The van der Waals surface area contributed by atoms with Crippen molar-refractivity contribution in [3.63, 3.8) is 0 Å². The number of ether oxygens (including phenoxy) is 1. The van der Waals surface area contributed by atoms with Gasteiger partial charge in [-0.2, -0.15) is 0 Å². The summed E-state index contributed by atoms with van der Waals surface area (Å²) < 4.78 is 10.2. The molecule has 1 fully saturated rings. The lowest BCUT2D eigenvalue weighted by molar-refractivity contribution is 0.101. The van der Waals surface area contributed by atoms with Gasteiger partial charge >= 0.3 is 0 Å². The molecule has 1 aromatic carbocycles. The lowest BCUT2D eigenvalue weighted by Gasteiger charge is -2.20. The molecule has 0 bridgehead atoms. The molecular weight excluding hydrogens is 232 g/mol. The standard InChI is InChI=1S/C12H16N4O2/c1-17-10-4-2-3-8(10)14-9-6-5-7(13)11-12(9)16-18-15-11/h5-6,8,10,14H,2-4,13H2,1H3. The van der Waals surface area contributed by atoms with E-state index in [9.17, 15) is 0 Å². The summed E-state index contributed by atoms with van der Waals surface area (Å²) in [5, 5.41) is 11.2. The fraction of sp³-hybridized carbons (Fsp3) is 0.500. The molecule has 0 saturated heterocycles. The van der Waals surface area contributed by atoms with E-state index in [0.717, 1.165) is 18.5 Å². The van der Waals surface area contributed by atoms with Crippen LogP contribution in [0.2, 0.25) is 0 Å². The van der Waals surface area contributed by atoms with Crippen molar-refractivity contribution in [1.82, 2.24) is 10.3 Å². The Morgan fingerprint density at radius 1 is 1.33 bits per heavy atom. The first-order chi connectivity index (χ1) is 8.79. The molecule has 3 N–H and O–H groups in total. The Labute approximate surface area is 104 Å². The topological polar surface area (TPSA) is 86.2 Å². The average Bonchev–Trinajstić information content (AvgIpc) is 3.01. The maximum Gasteiger partial charge on any atom is 0.160 e. The second-order valence-electron chi connectivity index (χ2n) is 4.62. The second kappa shape index (κ2) is 4.45. The summed E-state index contributed by atoms with van der Waals surface area (Å²) in [5.41, 5.74) is 8.57. The SMILES string of the molecule is COC1CCCC1Nc1ccc(N)c2nonc12. The summed E-state index contributed by atoms with van der Waals surface area (Å²) in [5.74, 6) is 0. The Morgan fingerprint density at radius 2 is 2.17 bits per heavy atom. The normalized spacial score (nSPS) is 23.6. The van der Waals surface area contributed by atoms with Crippen molar-refractivity contribution in [2.45, 2.75) is 31.4 Å². The Kier molecular flexibility index (Phi) is 2.79. The van der Waals surface area contributed by atoms with Crippen LogP contribution in [0.25, 0.3) is 11.0 Å². The lowest BCUT2D eigenvalue weighted by Crippen LogP contribution is -2.29. The third-order valence-corrected chi connectivity index (χ3v) is 3.54. The van der Waals surface area contributed by atoms with Crippen molar-refractivity contribution < 1.29 is 9.37 Å². The van der Waals surface area contributed by atoms with E-state index in [4.69, 9.17) is 15.1 Å². The second-order valence-corrected chi connectivity index (χ2v) is 4.62. The zero-order valence-corrected chi connectivity index (χ0v) is 10.2. The van der Waals surface area contributed by atoms with E-state index < -0.39 is 0 Å². The van der Waals surface area contributed by atoms with Gasteiger partial charge in [-0.15, -0.1) is 0 Å². The molecule has 18 heavy (non-hydrogen) atoms. The molecule has 2 atom stereocenters. The van der Waals surface area contributed by atoms with Crippen molar-refractivity contribution in [3.8, 4) is 0 Å². The molecule has 1 aromatic heterocycles. The number of benzene rings is 1. The lowest BCUT2D eigenvalue weighted by atomic mass is 10.1. The van der Waals surface area contributed by atoms with Crippen molar-refractivity contribution in [3.05, 3.63) is 12.1 Å². The third-order valence-electron chi connectivity index (χ3n) is 3.54. The Morgan fingerprint density at radius 3 is 3.00 bits per heavy atom. The summed E-state index contributed by atoms with van der Waals surface area (Å²) in [7, 11) is 1.75. The number of methoxy groups -OCH3 is 1. The number of nitrogens with one attached hydrogen (secondary N) is 1. The van der Waals surface area contributed by atoms with Crippen LogP contribution >= 0.6 is 0 Å². The summed E-state index contributed by atoms with van der Waals surface area (Å²) in [6, 6.07) is 4.02. The molecule has 0 aliphatic heterocycles. The molecule has 0 spiro atoms. The van der Waals surface area contributed by atoms with Crippen LogP contribution in [0.4, 0.5) is 11.4 Å². The maximum absolute atomic E-state index is 5.82. The number of fused-ring (bicyclic) bond motifs is 1. The zero-order valence-electron chi connectivity index (χ0n) is 10.2. The molecule has 96 valence electrons. The monoisotopic (exact) mass is 248 g/mol. The summed E-state index contributed by atoms with van der Waals surface area (Å²) in [6.07, 6.45) is 3.60. The van der Waals surface area contributed by atoms with Gasteiger partial charge in [-0.05, 0) is 41.7 Å². The van der Waals surface area contributed by atoms with Gasteiger partial charge < -0.3 is 15.8 Å². The molecule has 3 rings (SSSR count). The molecule has 6 heteroatoms. The van der Waals surface area contributed by atoms with Gasteiger partial charge in [0.15, 0.2) is 11.0 Å². The Balaban J connectivity index is 1.91. The summed E-state index contributed by atoms with van der Waals surface area (Å²) in [4.78, 5) is 0. The van der Waals surface area contributed by atoms with E-state index in [1.165, 1.54) is 6.42 Å². The van der Waals surface area contributed by atoms with Crippen molar-refractivity contribution in [1.29, 1.82) is 0 Å². The molecule has 2 unspecified atom stereocenters. The van der Waals surface area contributed by atoms with Gasteiger partial charge in [0.2, 0.25) is 0 Å². The highest BCUT2D eigenvalue weighted by molar-refractivity contribution is 5.95. The number of nitrogens with zero attached hydrogens (tertiary/aromatic N) is 2. The Bertz CT molecular complexity index is 554. The van der Waals surface area contributed by atoms with Gasteiger partial charge in [0.25, 0.3) is 0 Å². The van der Waals surface area contributed by atoms with E-state index >= 15 is 0 Å². The van der Waals surface area contributed by atoms with Crippen molar-refractivity contribution in [2.24, 2.45) is 0 Å². The number of aromatic nitrogens is 2. The van der Waals surface area contributed by atoms with E-state index in [1.54, 1.807) is 7.11 Å². The molecular formula is C12H16N4O2. The molecule has 1 aliphatic carbocycles. The first kappa shape index (κ1) is 11.3. The fourth-order valence-corrected chi connectivity index (χ4v) is 2.58. The van der Waals surface area contributed by atoms with Gasteiger partial charge in [0.05, 0.1) is 23.5 Å². The van der Waals surface area contributed by atoms with Gasteiger partial charge in [-0.1, -0.05) is 0 Å². The van der Waals surface area contributed by atoms with Gasteiger partial charge in [-0.25, -0.2) is 4.63 Å². The first-order valence-electron chi connectivity index (χ1n) is 6.09. The van der Waals surface area contributed by atoms with Crippen LogP contribution in [0.1, 0.15) is 19.3 Å². The van der Waals surface area contributed by atoms with Crippen molar-refractivity contribution in [2.75, 3.05) is 18.2 Å². The molecule has 6 nitrogen and oxygen atoms in total. The van der Waals surface area contributed by atoms with Gasteiger partial charge in [0, 0.05) is 7.11 Å². The molecule has 1 saturated carbocycles. The number of anilines is 2. The highest BCUT2D eigenvalue weighted by atomic mass is 16.6. The van der Waals surface area contributed by atoms with Crippen LogP contribution < -0.4 is 11.1 Å². The quantitative estimate of drug-likeness (QED) is 0.805. The number of nitrogens with two attached hydrogens (primary N) is 1. The molecule has 0 radical (unpaired) electrons.